The van der Waals surface area contributed by atoms with Crippen LogP contribution in [0.15, 0.2) is 0 Å². The van der Waals surface area contributed by atoms with Crippen molar-refractivity contribution in [3.63, 3.8) is 0 Å². The van der Waals surface area contributed by atoms with Crippen molar-refractivity contribution in [3.8, 4) is 0 Å². The Morgan fingerprint density at radius 2 is 0.905 bits per heavy atom. The van der Waals surface area contributed by atoms with Crippen molar-refractivity contribution in [2.24, 2.45) is 40.9 Å². The summed E-state index contributed by atoms with van der Waals surface area (Å²) in [6.07, 6.45) is 3.26. The van der Waals surface area contributed by atoms with Crippen LogP contribution in [0.25, 0.3) is 0 Å². The first-order valence-electron chi connectivity index (χ1n) is 21.8. The highest BCUT2D eigenvalue weighted by atomic mass is 16.4. The van der Waals surface area contributed by atoms with Gasteiger partial charge in [0.15, 0.2) is 0 Å². The van der Waals surface area contributed by atoms with Crippen LogP contribution in [0.1, 0.15) is 107 Å². The number of carbonyl (C=O) groups excluding carboxylic acids is 8. The Labute approximate surface area is 371 Å². The van der Waals surface area contributed by atoms with Gasteiger partial charge in [0.2, 0.25) is 47.3 Å². The van der Waals surface area contributed by atoms with E-state index in [2.05, 4.69) is 42.5 Å². The summed E-state index contributed by atoms with van der Waals surface area (Å²) in [7, 11) is 0. The largest absolute Gasteiger partial charge is 0.480 e. The molecule has 0 rings (SSSR count). The monoisotopic (exact) mass is 900 g/mol. The number of nitrogens with one attached hydrogen (secondary N) is 8. The molecule has 0 aromatic carbocycles. The van der Waals surface area contributed by atoms with Crippen LogP contribution >= 0.6 is 0 Å². The molecule has 7 atom stereocenters. The van der Waals surface area contributed by atoms with Crippen LogP contribution in [0.3, 0.4) is 0 Å². The second-order valence-corrected chi connectivity index (χ2v) is 17.2. The molecule has 0 aromatic rings. The number of hydrogen-bond acceptors (Lipinski definition) is 13. The van der Waals surface area contributed by atoms with Gasteiger partial charge in [-0.25, -0.2) is 4.79 Å². The molecule has 8 amide bonds. The fourth-order valence-corrected chi connectivity index (χ4v) is 6.17. The first-order valence-corrected chi connectivity index (χ1v) is 21.8. The normalized spacial score (nSPS) is 14.7. The smallest absolute Gasteiger partial charge is 0.326 e. The van der Waals surface area contributed by atoms with Crippen molar-refractivity contribution >= 4 is 53.2 Å². The van der Waals surface area contributed by atoms with Crippen molar-refractivity contribution in [3.05, 3.63) is 0 Å². The van der Waals surface area contributed by atoms with E-state index < -0.39 is 127 Å². The average Bonchev–Trinajstić information content (AvgIpc) is 3.20. The van der Waals surface area contributed by atoms with Crippen molar-refractivity contribution in [2.45, 2.75) is 149 Å². The molecule has 0 bridgehead atoms. The molecule has 0 saturated carbocycles. The van der Waals surface area contributed by atoms with Crippen molar-refractivity contribution in [1.82, 2.24) is 42.5 Å². The second kappa shape index (κ2) is 31.0. The Kier molecular flexibility index (Phi) is 28.6. The number of aliphatic hydroxyl groups is 1. The van der Waals surface area contributed by atoms with Crippen LogP contribution in [0, 0.1) is 23.7 Å². The Morgan fingerprint density at radius 1 is 0.476 bits per heavy atom. The van der Waals surface area contributed by atoms with E-state index in [0.29, 0.717) is 45.2 Å². The number of unbranched alkanes of at least 4 members (excludes halogenated alkanes) is 2. The van der Waals surface area contributed by atoms with E-state index >= 15 is 0 Å². The molecule has 0 aromatic heterocycles. The quantitative estimate of drug-likeness (QED) is 0.0304. The van der Waals surface area contributed by atoms with Crippen LogP contribution in [0.5, 0.6) is 0 Å². The SMILES string of the molecule is CC(C)C[C@H](NC(=O)[C@@H](NC(=O)[C@H](CCCCN)NC(=O)[C@H](CC(C)C)NC(=O)[C@@H](N)CCCCN)C(C)C)C(=O)NCC(=O)N[C@@H](CO)C(=O)NCC(=O)N[C@H](C(=O)O)C(C)C. The van der Waals surface area contributed by atoms with Gasteiger partial charge in [0.25, 0.3) is 0 Å². The zero-order valence-electron chi connectivity index (χ0n) is 38.3. The summed E-state index contributed by atoms with van der Waals surface area (Å²) < 4.78 is 0. The van der Waals surface area contributed by atoms with Gasteiger partial charge in [-0.1, -0.05) is 61.8 Å². The number of hydrogen-bond donors (Lipinski definition) is 13. The van der Waals surface area contributed by atoms with Crippen LogP contribution < -0.4 is 59.7 Å². The lowest BCUT2D eigenvalue weighted by Gasteiger charge is -2.29. The first-order chi connectivity index (χ1) is 29.5. The van der Waals surface area contributed by atoms with E-state index in [1.807, 2.05) is 13.8 Å². The minimum absolute atomic E-state index is 0.0132. The fourth-order valence-electron chi connectivity index (χ4n) is 6.17. The predicted octanol–water partition coefficient (Wildman–Crippen LogP) is -2.81. The number of rotatable bonds is 32. The number of nitrogens with two attached hydrogens (primary N) is 3. The number of carboxylic acid groups (broad SMARTS) is 1. The molecule has 22 heteroatoms. The molecule has 0 aliphatic heterocycles. The Hall–Kier alpha value is -4.93. The minimum atomic E-state index is -1.53. The predicted molar refractivity (Wildman–Crippen MR) is 235 cm³/mol. The van der Waals surface area contributed by atoms with Gasteiger partial charge < -0.3 is 69.9 Å². The van der Waals surface area contributed by atoms with E-state index in [-0.39, 0.29) is 31.1 Å². The standard InChI is InChI=1S/C41H77N11O11/c1-22(2)17-28(36(57)45-19-31(54)47-30(21-53)37(58)46-20-32(55)51-34(25(7)8)41(62)63)50-40(61)33(24(5)6)52-38(59)27(14-10-12-16-43)48-39(60)29(18-23(3)4)49-35(56)26(44)13-9-11-15-42/h22-30,33-34,53H,9-21,42-44H2,1-8H3,(H,45,57)(H,46,58)(H,47,54)(H,48,60)(H,49,56)(H,50,61)(H,51,55)(H,52,59)(H,62,63)/t26-,27-,28-,29-,30-,33-,34-/m0/s1. The van der Waals surface area contributed by atoms with Gasteiger partial charge >= 0.3 is 5.97 Å². The third kappa shape index (κ3) is 23.9. The number of carboxylic acids is 1. The Morgan fingerprint density at radius 3 is 1.37 bits per heavy atom. The van der Waals surface area contributed by atoms with Crippen molar-refractivity contribution in [1.29, 1.82) is 0 Å². The highest BCUT2D eigenvalue weighted by Crippen LogP contribution is 2.12. The number of amides is 8. The first kappa shape index (κ1) is 58.1. The summed E-state index contributed by atoms with van der Waals surface area (Å²) in [5.41, 5.74) is 17.3. The van der Waals surface area contributed by atoms with Gasteiger partial charge in [-0.3, -0.25) is 38.4 Å². The summed E-state index contributed by atoms with van der Waals surface area (Å²) in [6.45, 7) is 12.5. The van der Waals surface area contributed by atoms with Crippen LogP contribution in [0.4, 0.5) is 0 Å². The zero-order chi connectivity index (χ0) is 48.4. The number of aliphatic carboxylic acids is 1. The summed E-state index contributed by atoms with van der Waals surface area (Å²) >= 11 is 0. The van der Waals surface area contributed by atoms with Crippen molar-refractivity contribution < 1.29 is 53.4 Å². The molecule has 0 aliphatic carbocycles. The third-order valence-corrected chi connectivity index (χ3v) is 9.74. The highest BCUT2D eigenvalue weighted by Gasteiger charge is 2.34. The number of carbonyl (C=O) groups is 9. The van der Waals surface area contributed by atoms with Gasteiger partial charge in [-0.05, 0) is 81.7 Å². The molecule has 0 saturated heterocycles. The maximum absolute atomic E-state index is 13.8. The van der Waals surface area contributed by atoms with E-state index in [4.69, 9.17) is 17.2 Å². The van der Waals surface area contributed by atoms with E-state index in [0.717, 1.165) is 0 Å². The van der Waals surface area contributed by atoms with Gasteiger partial charge in [-0.2, -0.15) is 0 Å². The molecule has 0 unspecified atom stereocenters. The zero-order valence-corrected chi connectivity index (χ0v) is 38.3. The average molecular weight is 900 g/mol. The molecule has 0 aliphatic rings. The molecule has 16 N–H and O–H groups in total. The molecule has 0 heterocycles. The van der Waals surface area contributed by atoms with Gasteiger partial charge in [0, 0.05) is 0 Å². The van der Waals surface area contributed by atoms with Gasteiger partial charge in [0.1, 0.15) is 36.3 Å². The van der Waals surface area contributed by atoms with E-state index in [1.165, 1.54) is 0 Å². The molecule has 0 fully saturated rings. The maximum atomic E-state index is 13.8. The van der Waals surface area contributed by atoms with Gasteiger partial charge in [0.05, 0.1) is 25.7 Å². The molecule has 22 nitrogen and oxygen atoms in total. The molecule has 362 valence electrons. The molecular formula is C41H77N11O11. The molecule has 0 radical (unpaired) electrons. The van der Waals surface area contributed by atoms with Crippen molar-refractivity contribution in [2.75, 3.05) is 32.8 Å². The summed E-state index contributed by atoms with van der Waals surface area (Å²) in [6, 6.07) is -8.06. The third-order valence-electron chi connectivity index (χ3n) is 9.74. The van der Waals surface area contributed by atoms with E-state index in [1.54, 1.807) is 41.5 Å². The molecule has 63 heavy (non-hydrogen) atoms. The Bertz CT molecular complexity index is 1500. The minimum Gasteiger partial charge on any atom is -0.480 e. The maximum Gasteiger partial charge on any atom is 0.326 e. The topological polar surface area (TPSA) is 368 Å². The lowest BCUT2D eigenvalue weighted by molar-refractivity contribution is -0.143. The van der Waals surface area contributed by atoms with Crippen LogP contribution in [-0.2, 0) is 43.2 Å². The van der Waals surface area contributed by atoms with Crippen LogP contribution in [-0.4, -0.2) is 139 Å². The second-order valence-electron chi connectivity index (χ2n) is 17.2. The summed E-state index contributed by atoms with van der Waals surface area (Å²) in [4.78, 5) is 116. The summed E-state index contributed by atoms with van der Waals surface area (Å²) in [5.74, 6) is -8.26. The summed E-state index contributed by atoms with van der Waals surface area (Å²) in [5, 5.41) is 38.9. The highest BCUT2D eigenvalue weighted by molar-refractivity contribution is 5.97. The lowest BCUT2D eigenvalue weighted by Crippen LogP contribution is -2.60. The molecule has 0 spiro atoms. The van der Waals surface area contributed by atoms with E-state index in [9.17, 15) is 53.4 Å². The Balaban J connectivity index is 5.85. The van der Waals surface area contributed by atoms with Gasteiger partial charge in [-0.15, -0.1) is 0 Å². The fraction of sp³-hybridized carbons (Fsp3) is 0.780. The number of aliphatic hydroxyl groups excluding tert-OH is 1. The molecular weight excluding hydrogens is 823 g/mol. The lowest BCUT2D eigenvalue weighted by atomic mass is 9.98. The van der Waals surface area contributed by atoms with Crippen LogP contribution in [0.2, 0.25) is 0 Å².